The molecule has 1 saturated heterocycles. The molecule has 1 aliphatic rings. The standard InChI is InChI=1S/C14H21N3O4/c1-2-11(10-18)15-13-9-12(3-4-14(13)17(19)20)16-5-7-21-8-6-16/h3-4,9,11,15,18H,2,5-8,10H2,1H3/t11-/m1/s1. The summed E-state index contributed by atoms with van der Waals surface area (Å²) in [5.41, 5.74) is 1.41. The Kier molecular flexibility index (Phi) is 5.35. The average molecular weight is 295 g/mol. The minimum Gasteiger partial charge on any atom is -0.394 e. The van der Waals surface area contributed by atoms with Gasteiger partial charge in [0.1, 0.15) is 5.69 Å². The Morgan fingerprint density at radius 2 is 2.19 bits per heavy atom. The van der Waals surface area contributed by atoms with E-state index in [-0.39, 0.29) is 18.3 Å². The van der Waals surface area contributed by atoms with E-state index in [1.54, 1.807) is 12.1 Å². The van der Waals surface area contributed by atoms with Crippen LogP contribution >= 0.6 is 0 Å². The summed E-state index contributed by atoms with van der Waals surface area (Å²) in [5, 5.41) is 23.5. The first-order valence-corrected chi connectivity index (χ1v) is 7.14. The molecule has 7 nitrogen and oxygen atoms in total. The second kappa shape index (κ2) is 7.24. The SMILES string of the molecule is CC[C@H](CO)Nc1cc(N2CCOCC2)ccc1[N+](=O)[O-]. The number of morpholine rings is 1. The van der Waals surface area contributed by atoms with Gasteiger partial charge in [0.15, 0.2) is 0 Å². The first-order chi connectivity index (χ1) is 10.2. The average Bonchev–Trinajstić information content (AvgIpc) is 2.53. The molecule has 1 heterocycles. The maximum absolute atomic E-state index is 11.1. The number of hydrogen-bond donors (Lipinski definition) is 2. The highest BCUT2D eigenvalue weighted by atomic mass is 16.6. The molecule has 0 saturated carbocycles. The highest BCUT2D eigenvalue weighted by Crippen LogP contribution is 2.30. The van der Waals surface area contributed by atoms with Crippen molar-refractivity contribution in [3.63, 3.8) is 0 Å². The van der Waals surface area contributed by atoms with E-state index in [0.717, 1.165) is 18.8 Å². The number of benzene rings is 1. The topological polar surface area (TPSA) is 87.9 Å². The van der Waals surface area contributed by atoms with E-state index >= 15 is 0 Å². The van der Waals surface area contributed by atoms with Gasteiger partial charge in [-0.3, -0.25) is 10.1 Å². The predicted octanol–water partition coefficient (Wildman–Crippen LogP) is 1.61. The van der Waals surface area contributed by atoms with Crippen LogP contribution in [0.2, 0.25) is 0 Å². The lowest BCUT2D eigenvalue weighted by atomic mass is 10.1. The van der Waals surface area contributed by atoms with Gasteiger partial charge in [0.05, 0.1) is 24.7 Å². The fraction of sp³-hybridized carbons (Fsp3) is 0.571. The van der Waals surface area contributed by atoms with Crippen molar-refractivity contribution in [1.82, 2.24) is 0 Å². The summed E-state index contributed by atoms with van der Waals surface area (Å²) in [6, 6.07) is 4.86. The Hall–Kier alpha value is -1.86. The molecule has 1 aromatic carbocycles. The molecule has 7 heteroatoms. The lowest BCUT2D eigenvalue weighted by Gasteiger charge is -2.29. The fourth-order valence-electron chi connectivity index (χ4n) is 2.31. The molecule has 1 atom stereocenters. The zero-order valence-corrected chi connectivity index (χ0v) is 12.1. The number of hydrogen-bond acceptors (Lipinski definition) is 6. The number of nitrogens with zero attached hydrogens (tertiary/aromatic N) is 2. The molecule has 1 fully saturated rings. The molecule has 0 aromatic heterocycles. The summed E-state index contributed by atoms with van der Waals surface area (Å²) >= 11 is 0. The molecular weight excluding hydrogens is 274 g/mol. The Morgan fingerprint density at radius 1 is 1.48 bits per heavy atom. The van der Waals surface area contributed by atoms with Gasteiger partial charge in [-0.2, -0.15) is 0 Å². The van der Waals surface area contributed by atoms with E-state index in [4.69, 9.17) is 4.74 Å². The maximum Gasteiger partial charge on any atom is 0.292 e. The predicted molar refractivity (Wildman–Crippen MR) is 80.9 cm³/mol. The molecule has 0 bridgehead atoms. The van der Waals surface area contributed by atoms with Crippen molar-refractivity contribution in [3.8, 4) is 0 Å². The van der Waals surface area contributed by atoms with Crippen molar-refractivity contribution < 1.29 is 14.8 Å². The Morgan fingerprint density at radius 3 is 2.76 bits per heavy atom. The monoisotopic (exact) mass is 295 g/mol. The number of rotatable bonds is 6. The van der Waals surface area contributed by atoms with Crippen LogP contribution in [0, 0.1) is 10.1 Å². The van der Waals surface area contributed by atoms with Crippen LogP contribution < -0.4 is 10.2 Å². The number of aliphatic hydroxyl groups excluding tert-OH is 1. The number of aliphatic hydroxyl groups is 1. The number of nitro groups is 1. The quantitative estimate of drug-likeness (QED) is 0.612. The van der Waals surface area contributed by atoms with Gasteiger partial charge in [-0.1, -0.05) is 6.92 Å². The van der Waals surface area contributed by atoms with Crippen LogP contribution in [0.25, 0.3) is 0 Å². The van der Waals surface area contributed by atoms with E-state index in [2.05, 4.69) is 10.2 Å². The largest absolute Gasteiger partial charge is 0.394 e. The summed E-state index contributed by atoms with van der Waals surface area (Å²) in [6.07, 6.45) is 0.690. The van der Waals surface area contributed by atoms with Gasteiger partial charge in [0.25, 0.3) is 5.69 Å². The van der Waals surface area contributed by atoms with E-state index < -0.39 is 4.92 Å². The van der Waals surface area contributed by atoms with E-state index in [0.29, 0.717) is 25.3 Å². The van der Waals surface area contributed by atoms with Gasteiger partial charge in [-0.15, -0.1) is 0 Å². The number of anilines is 2. The molecule has 0 amide bonds. The van der Waals surface area contributed by atoms with Crippen LogP contribution in [-0.4, -0.2) is 49.0 Å². The van der Waals surface area contributed by atoms with Crippen LogP contribution in [0.4, 0.5) is 17.1 Å². The molecule has 0 aliphatic carbocycles. The first-order valence-electron chi connectivity index (χ1n) is 7.14. The molecular formula is C14H21N3O4. The van der Waals surface area contributed by atoms with Crippen molar-refractivity contribution >= 4 is 17.1 Å². The van der Waals surface area contributed by atoms with E-state index in [1.165, 1.54) is 6.07 Å². The van der Waals surface area contributed by atoms with E-state index in [1.807, 2.05) is 6.92 Å². The third-order valence-electron chi connectivity index (χ3n) is 3.63. The number of ether oxygens (including phenoxy) is 1. The molecule has 2 N–H and O–H groups in total. The van der Waals surface area contributed by atoms with Crippen LogP contribution in [0.1, 0.15) is 13.3 Å². The fourth-order valence-corrected chi connectivity index (χ4v) is 2.31. The zero-order valence-electron chi connectivity index (χ0n) is 12.1. The van der Waals surface area contributed by atoms with Crippen LogP contribution in [0.15, 0.2) is 18.2 Å². The van der Waals surface area contributed by atoms with Crippen LogP contribution in [0.3, 0.4) is 0 Å². The van der Waals surface area contributed by atoms with Crippen molar-refractivity contribution in [2.24, 2.45) is 0 Å². The van der Waals surface area contributed by atoms with Gasteiger partial charge < -0.3 is 20.1 Å². The third-order valence-corrected chi connectivity index (χ3v) is 3.63. The lowest BCUT2D eigenvalue weighted by molar-refractivity contribution is -0.384. The van der Waals surface area contributed by atoms with Gasteiger partial charge in [-0.05, 0) is 18.6 Å². The summed E-state index contributed by atoms with van der Waals surface area (Å²) in [7, 11) is 0. The zero-order chi connectivity index (χ0) is 15.2. The Balaban J connectivity index is 2.26. The minimum absolute atomic E-state index is 0.0268. The first kappa shape index (κ1) is 15.5. The molecule has 0 spiro atoms. The van der Waals surface area contributed by atoms with Crippen LogP contribution in [-0.2, 0) is 4.74 Å². The molecule has 2 rings (SSSR count). The molecule has 0 radical (unpaired) electrons. The highest BCUT2D eigenvalue weighted by Gasteiger charge is 2.19. The maximum atomic E-state index is 11.1. The van der Waals surface area contributed by atoms with Gasteiger partial charge in [0.2, 0.25) is 0 Å². The van der Waals surface area contributed by atoms with E-state index in [9.17, 15) is 15.2 Å². The van der Waals surface area contributed by atoms with Gasteiger partial charge >= 0.3 is 0 Å². The molecule has 116 valence electrons. The molecule has 0 unspecified atom stereocenters. The van der Waals surface area contributed by atoms with Gasteiger partial charge in [-0.25, -0.2) is 0 Å². The summed E-state index contributed by atoms with van der Waals surface area (Å²) in [5.74, 6) is 0. The normalized spacial score (nSPS) is 16.6. The second-order valence-electron chi connectivity index (χ2n) is 4.99. The summed E-state index contributed by atoms with van der Waals surface area (Å²) < 4.78 is 5.31. The minimum atomic E-state index is -0.407. The summed E-state index contributed by atoms with van der Waals surface area (Å²) in [6.45, 7) is 4.73. The Labute approximate surface area is 123 Å². The van der Waals surface area contributed by atoms with Crippen LogP contribution in [0.5, 0.6) is 0 Å². The molecule has 1 aliphatic heterocycles. The number of nitrogens with one attached hydrogen (secondary N) is 1. The van der Waals surface area contributed by atoms with Crippen molar-refractivity contribution in [3.05, 3.63) is 28.3 Å². The Bertz CT molecular complexity index is 485. The second-order valence-corrected chi connectivity index (χ2v) is 4.99. The van der Waals surface area contributed by atoms with Crippen molar-refractivity contribution in [2.45, 2.75) is 19.4 Å². The third kappa shape index (κ3) is 3.83. The molecule has 21 heavy (non-hydrogen) atoms. The number of nitro benzene ring substituents is 1. The van der Waals surface area contributed by atoms with Crippen molar-refractivity contribution in [2.75, 3.05) is 43.1 Å². The highest BCUT2D eigenvalue weighted by molar-refractivity contribution is 5.69. The summed E-state index contributed by atoms with van der Waals surface area (Å²) in [4.78, 5) is 12.9. The van der Waals surface area contributed by atoms with Gasteiger partial charge in [0, 0.05) is 30.9 Å². The molecule has 1 aromatic rings. The van der Waals surface area contributed by atoms with Crippen molar-refractivity contribution in [1.29, 1.82) is 0 Å². The smallest absolute Gasteiger partial charge is 0.292 e. The lowest BCUT2D eigenvalue weighted by Crippen LogP contribution is -2.36.